The summed E-state index contributed by atoms with van der Waals surface area (Å²) in [6.45, 7) is 6.34. The van der Waals surface area contributed by atoms with Gasteiger partial charge in [-0.1, -0.05) is 31.2 Å². The summed E-state index contributed by atoms with van der Waals surface area (Å²) in [4.78, 5) is 0. The first-order valence-electron chi connectivity index (χ1n) is 3.55. The molecular weight excluding hydrogens is 108 g/mol. The Morgan fingerprint density at radius 3 is 2.33 bits per heavy atom. The van der Waals surface area contributed by atoms with E-state index in [0.29, 0.717) is 5.92 Å². The van der Waals surface area contributed by atoms with Crippen LogP contribution in [0.2, 0.25) is 0 Å². The zero-order valence-corrected chi connectivity index (χ0v) is 6.59. The molecule has 0 aromatic rings. The van der Waals surface area contributed by atoms with Crippen molar-refractivity contribution in [3.8, 4) is 0 Å². The van der Waals surface area contributed by atoms with Gasteiger partial charge in [0.25, 0.3) is 0 Å². The lowest BCUT2D eigenvalue weighted by Gasteiger charge is -1.97. The van der Waals surface area contributed by atoms with Crippen LogP contribution < -0.4 is 0 Å². The van der Waals surface area contributed by atoms with E-state index in [9.17, 15) is 0 Å². The highest BCUT2D eigenvalue weighted by atomic mass is 13.9. The quantitative estimate of drug-likeness (QED) is 0.507. The molecule has 9 heavy (non-hydrogen) atoms. The lowest BCUT2D eigenvalue weighted by atomic mass is 10.1. The summed E-state index contributed by atoms with van der Waals surface area (Å²) in [5.74, 6) is 0.700. The fraction of sp³-hybridized carbons (Fsp3) is 0.556. The summed E-state index contributed by atoms with van der Waals surface area (Å²) < 4.78 is 0. The van der Waals surface area contributed by atoms with Crippen LogP contribution in [0.25, 0.3) is 0 Å². The second-order valence-corrected chi connectivity index (χ2v) is 2.31. The highest BCUT2D eigenvalue weighted by molar-refractivity contribution is 4.89. The number of allylic oxidation sites excluding steroid dienone is 4. The molecule has 0 bridgehead atoms. The molecule has 0 fully saturated rings. The Hall–Kier alpha value is -0.520. The lowest BCUT2D eigenvalue weighted by Crippen LogP contribution is -1.84. The second-order valence-electron chi connectivity index (χ2n) is 2.31. The molecule has 0 radical (unpaired) electrons. The minimum Gasteiger partial charge on any atom is -0.0916 e. The second kappa shape index (κ2) is 5.61. The summed E-state index contributed by atoms with van der Waals surface area (Å²) >= 11 is 0. The molecular formula is C9H16. The van der Waals surface area contributed by atoms with Gasteiger partial charge in [0.2, 0.25) is 0 Å². The smallest absolute Gasteiger partial charge is 0.0227 e. The van der Waals surface area contributed by atoms with Gasteiger partial charge in [-0.15, -0.1) is 0 Å². The highest BCUT2D eigenvalue weighted by Gasteiger charge is 1.88. The first-order valence-corrected chi connectivity index (χ1v) is 3.55. The van der Waals surface area contributed by atoms with Gasteiger partial charge in [0.05, 0.1) is 0 Å². The molecule has 0 aliphatic rings. The fourth-order valence-corrected chi connectivity index (χ4v) is 0.758. The highest BCUT2D eigenvalue weighted by Crippen LogP contribution is 2.03. The summed E-state index contributed by atoms with van der Waals surface area (Å²) in [6.07, 6.45) is 9.79. The molecule has 0 heteroatoms. The van der Waals surface area contributed by atoms with E-state index in [1.807, 2.05) is 0 Å². The number of hydrogen-bond acceptors (Lipinski definition) is 0. The van der Waals surface area contributed by atoms with Gasteiger partial charge in [-0.25, -0.2) is 0 Å². The molecule has 0 spiro atoms. The third kappa shape index (κ3) is 5.35. The van der Waals surface area contributed by atoms with Crippen LogP contribution in [-0.2, 0) is 0 Å². The molecule has 0 amide bonds. The van der Waals surface area contributed by atoms with Crippen LogP contribution in [0.4, 0.5) is 0 Å². The van der Waals surface area contributed by atoms with Gasteiger partial charge in [0.15, 0.2) is 0 Å². The third-order valence-electron chi connectivity index (χ3n) is 1.26. The van der Waals surface area contributed by atoms with E-state index in [1.165, 1.54) is 6.42 Å². The van der Waals surface area contributed by atoms with Crippen molar-refractivity contribution in [2.24, 2.45) is 5.92 Å². The molecule has 1 unspecified atom stereocenters. The van der Waals surface area contributed by atoms with E-state index >= 15 is 0 Å². The summed E-state index contributed by atoms with van der Waals surface area (Å²) in [6, 6.07) is 0. The molecule has 0 saturated heterocycles. The van der Waals surface area contributed by atoms with Gasteiger partial charge in [-0.05, 0) is 26.2 Å². The third-order valence-corrected chi connectivity index (χ3v) is 1.26. The van der Waals surface area contributed by atoms with Crippen molar-refractivity contribution in [1.29, 1.82) is 0 Å². The Morgan fingerprint density at radius 1 is 1.22 bits per heavy atom. The molecule has 0 nitrogen and oxygen atoms in total. The predicted octanol–water partition coefficient (Wildman–Crippen LogP) is 3.16. The van der Waals surface area contributed by atoms with Crippen molar-refractivity contribution in [2.45, 2.75) is 27.2 Å². The van der Waals surface area contributed by atoms with Crippen LogP contribution in [0.5, 0.6) is 0 Å². The molecule has 0 heterocycles. The Bertz CT molecular complexity index is 98.6. The van der Waals surface area contributed by atoms with Gasteiger partial charge < -0.3 is 0 Å². The van der Waals surface area contributed by atoms with Crippen LogP contribution in [0.15, 0.2) is 24.3 Å². The van der Waals surface area contributed by atoms with E-state index in [2.05, 4.69) is 45.1 Å². The molecule has 0 N–H and O–H groups in total. The summed E-state index contributed by atoms with van der Waals surface area (Å²) in [7, 11) is 0. The SMILES string of the molecule is C/C=C\CC(C)/C=C/C. The Kier molecular flexibility index (Phi) is 5.29. The summed E-state index contributed by atoms with van der Waals surface area (Å²) in [5.41, 5.74) is 0. The van der Waals surface area contributed by atoms with Crippen LogP contribution >= 0.6 is 0 Å². The van der Waals surface area contributed by atoms with Crippen molar-refractivity contribution < 1.29 is 0 Å². The predicted molar refractivity (Wildman–Crippen MR) is 43.4 cm³/mol. The van der Waals surface area contributed by atoms with E-state index in [0.717, 1.165) is 0 Å². The minimum absolute atomic E-state index is 0.700. The van der Waals surface area contributed by atoms with E-state index < -0.39 is 0 Å². The number of rotatable bonds is 3. The van der Waals surface area contributed by atoms with Crippen LogP contribution in [0.3, 0.4) is 0 Å². The maximum atomic E-state index is 2.22. The van der Waals surface area contributed by atoms with Crippen molar-refractivity contribution in [2.75, 3.05) is 0 Å². The van der Waals surface area contributed by atoms with Crippen molar-refractivity contribution >= 4 is 0 Å². The molecule has 0 rings (SSSR count). The molecule has 0 aromatic carbocycles. The zero-order valence-electron chi connectivity index (χ0n) is 6.59. The van der Waals surface area contributed by atoms with Crippen LogP contribution in [0, 0.1) is 5.92 Å². The Morgan fingerprint density at radius 2 is 1.89 bits per heavy atom. The maximum absolute atomic E-state index is 2.22. The largest absolute Gasteiger partial charge is 0.0916 e. The van der Waals surface area contributed by atoms with E-state index in [-0.39, 0.29) is 0 Å². The van der Waals surface area contributed by atoms with Crippen molar-refractivity contribution in [3.63, 3.8) is 0 Å². The molecule has 52 valence electrons. The van der Waals surface area contributed by atoms with Crippen LogP contribution in [-0.4, -0.2) is 0 Å². The van der Waals surface area contributed by atoms with E-state index in [1.54, 1.807) is 0 Å². The maximum Gasteiger partial charge on any atom is -0.0227 e. The van der Waals surface area contributed by atoms with Gasteiger partial charge in [-0.3, -0.25) is 0 Å². The first kappa shape index (κ1) is 8.48. The fourth-order valence-electron chi connectivity index (χ4n) is 0.758. The lowest BCUT2D eigenvalue weighted by molar-refractivity contribution is 0.742. The number of hydrogen-bond donors (Lipinski definition) is 0. The van der Waals surface area contributed by atoms with Crippen molar-refractivity contribution in [3.05, 3.63) is 24.3 Å². The monoisotopic (exact) mass is 124 g/mol. The first-order chi connectivity index (χ1) is 4.31. The van der Waals surface area contributed by atoms with Crippen LogP contribution in [0.1, 0.15) is 27.2 Å². The minimum atomic E-state index is 0.700. The van der Waals surface area contributed by atoms with Gasteiger partial charge in [-0.2, -0.15) is 0 Å². The molecule has 0 aliphatic heterocycles. The summed E-state index contributed by atoms with van der Waals surface area (Å²) in [5, 5.41) is 0. The molecule has 0 saturated carbocycles. The normalized spacial score (nSPS) is 15.4. The molecule has 1 atom stereocenters. The zero-order chi connectivity index (χ0) is 7.11. The van der Waals surface area contributed by atoms with E-state index in [4.69, 9.17) is 0 Å². The average Bonchev–Trinajstić information content (AvgIpc) is 1.85. The Labute approximate surface area is 58.3 Å². The molecule has 0 aromatic heterocycles. The van der Waals surface area contributed by atoms with Gasteiger partial charge in [0, 0.05) is 0 Å². The van der Waals surface area contributed by atoms with Crippen molar-refractivity contribution in [1.82, 2.24) is 0 Å². The van der Waals surface area contributed by atoms with Gasteiger partial charge >= 0.3 is 0 Å². The topological polar surface area (TPSA) is 0 Å². The standard InChI is InChI=1S/C9H16/c1-4-6-8-9(3)7-5-2/h4-7,9H,8H2,1-3H3/b6-4-,7-5+. The average molecular weight is 124 g/mol. The molecule has 0 aliphatic carbocycles. The Balaban J connectivity index is 3.37. The van der Waals surface area contributed by atoms with Gasteiger partial charge in [0.1, 0.15) is 0 Å².